The second-order valence-corrected chi connectivity index (χ2v) is 5.37. The van der Waals surface area contributed by atoms with Crippen molar-refractivity contribution in [1.82, 2.24) is 4.90 Å². The van der Waals surface area contributed by atoms with E-state index in [9.17, 15) is 5.11 Å². The van der Waals surface area contributed by atoms with Gasteiger partial charge in [0.2, 0.25) is 0 Å². The van der Waals surface area contributed by atoms with Gasteiger partial charge in [-0.15, -0.1) is 0 Å². The van der Waals surface area contributed by atoms with Crippen molar-refractivity contribution in [3.8, 4) is 5.75 Å². The van der Waals surface area contributed by atoms with Crippen LogP contribution in [0.1, 0.15) is 18.9 Å². The molecule has 1 aromatic rings. The Bertz CT molecular complexity index is 442. The van der Waals surface area contributed by atoms with Gasteiger partial charge in [0.1, 0.15) is 18.5 Å². The SMILES string of the molecule is CC1=CCN(CC(O)COc2ccc(CN)cc2)CC1. The van der Waals surface area contributed by atoms with E-state index in [-0.39, 0.29) is 0 Å². The van der Waals surface area contributed by atoms with Crippen molar-refractivity contribution in [3.05, 3.63) is 41.5 Å². The summed E-state index contributed by atoms with van der Waals surface area (Å²) in [5, 5.41) is 10.0. The standard InChI is InChI=1S/C16H24N2O2/c1-13-6-8-18(9-7-13)11-15(19)12-20-16-4-2-14(10-17)3-5-16/h2-6,15,19H,7-12,17H2,1H3. The fourth-order valence-electron chi connectivity index (χ4n) is 2.24. The van der Waals surface area contributed by atoms with E-state index < -0.39 is 6.10 Å². The molecule has 1 unspecified atom stereocenters. The Morgan fingerprint density at radius 1 is 1.35 bits per heavy atom. The molecule has 0 bridgehead atoms. The molecule has 1 aliphatic rings. The van der Waals surface area contributed by atoms with Gasteiger partial charge in [-0.2, -0.15) is 0 Å². The summed E-state index contributed by atoms with van der Waals surface area (Å²) in [5.41, 5.74) is 8.06. The average Bonchev–Trinajstić information content (AvgIpc) is 2.48. The summed E-state index contributed by atoms with van der Waals surface area (Å²) >= 11 is 0. The fourth-order valence-corrected chi connectivity index (χ4v) is 2.24. The second-order valence-electron chi connectivity index (χ2n) is 5.37. The molecule has 0 saturated carbocycles. The zero-order valence-corrected chi connectivity index (χ0v) is 12.1. The van der Waals surface area contributed by atoms with E-state index in [1.165, 1.54) is 5.57 Å². The largest absolute Gasteiger partial charge is 0.491 e. The number of hydrogen-bond acceptors (Lipinski definition) is 4. The number of β-amino-alcohol motifs (C(OH)–C–C–N with tert-alkyl or cyclic N) is 1. The number of benzene rings is 1. The van der Waals surface area contributed by atoms with Crippen LogP contribution in [0.4, 0.5) is 0 Å². The van der Waals surface area contributed by atoms with Crippen molar-refractivity contribution in [3.63, 3.8) is 0 Å². The number of rotatable bonds is 6. The summed E-state index contributed by atoms with van der Waals surface area (Å²) < 4.78 is 5.60. The molecule has 0 amide bonds. The number of nitrogens with two attached hydrogens (primary N) is 1. The van der Waals surface area contributed by atoms with E-state index in [1.807, 2.05) is 24.3 Å². The summed E-state index contributed by atoms with van der Waals surface area (Å²) in [4.78, 5) is 2.25. The fraction of sp³-hybridized carbons (Fsp3) is 0.500. The van der Waals surface area contributed by atoms with Gasteiger partial charge in [0.05, 0.1) is 0 Å². The van der Waals surface area contributed by atoms with Gasteiger partial charge in [-0.05, 0) is 31.0 Å². The third-order valence-corrected chi connectivity index (χ3v) is 3.59. The minimum Gasteiger partial charge on any atom is -0.491 e. The first-order chi connectivity index (χ1) is 9.67. The van der Waals surface area contributed by atoms with Crippen LogP contribution in [-0.4, -0.2) is 42.4 Å². The van der Waals surface area contributed by atoms with Crippen LogP contribution in [0.5, 0.6) is 5.75 Å². The highest BCUT2D eigenvalue weighted by Crippen LogP contribution is 2.13. The van der Waals surface area contributed by atoms with Gasteiger partial charge in [0, 0.05) is 26.2 Å². The lowest BCUT2D eigenvalue weighted by atomic mass is 10.1. The van der Waals surface area contributed by atoms with Crippen LogP contribution in [0.3, 0.4) is 0 Å². The lowest BCUT2D eigenvalue weighted by Crippen LogP contribution is -2.38. The Kier molecular flexibility index (Phi) is 5.59. The molecular formula is C16H24N2O2. The molecule has 4 nitrogen and oxygen atoms in total. The van der Waals surface area contributed by atoms with E-state index >= 15 is 0 Å². The summed E-state index contributed by atoms with van der Waals surface area (Å²) in [5.74, 6) is 0.774. The predicted molar refractivity (Wildman–Crippen MR) is 80.6 cm³/mol. The quantitative estimate of drug-likeness (QED) is 0.774. The van der Waals surface area contributed by atoms with Gasteiger partial charge in [0.15, 0.2) is 0 Å². The van der Waals surface area contributed by atoms with Gasteiger partial charge in [-0.25, -0.2) is 0 Å². The molecule has 3 N–H and O–H groups in total. The van der Waals surface area contributed by atoms with Crippen molar-refractivity contribution in [1.29, 1.82) is 0 Å². The van der Waals surface area contributed by atoms with E-state index in [1.54, 1.807) is 0 Å². The van der Waals surface area contributed by atoms with Crippen LogP contribution in [-0.2, 0) is 6.54 Å². The molecule has 20 heavy (non-hydrogen) atoms. The van der Waals surface area contributed by atoms with Crippen LogP contribution in [0.15, 0.2) is 35.9 Å². The molecule has 1 heterocycles. The van der Waals surface area contributed by atoms with Crippen molar-refractivity contribution in [2.24, 2.45) is 5.73 Å². The molecule has 110 valence electrons. The van der Waals surface area contributed by atoms with E-state index in [0.717, 1.165) is 30.8 Å². The number of hydrogen-bond donors (Lipinski definition) is 2. The van der Waals surface area contributed by atoms with Crippen molar-refractivity contribution >= 4 is 0 Å². The average molecular weight is 276 g/mol. The van der Waals surface area contributed by atoms with Gasteiger partial charge >= 0.3 is 0 Å². The van der Waals surface area contributed by atoms with Gasteiger partial charge < -0.3 is 15.6 Å². The monoisotopic (exact) mass is 276 g/mol. The molecular weight excluding hydrogens is 252 g/mol. The molecule has 0 fully saturated rings. The number of nitrogens with zero attached hydrogens (tertiary/aromatic N) is 1. The number of aliphatic hydroxyl groups excluding tert-OH is 1. The summed E-state index contributed by atoms with van der Waals surface area (Å²) in [6, 6.07) is 7.67. The molecule has 2 rings (SSSR count). The van der Waals surface area contributed by atoms with Gasteiger partial charge in [-0.3, -0.25) is 4.90 Å². The minimum absolute atomic E-state index is 0.321. The number of ether oxygens (including phenoxy) is 1. The molecule has 0 aliphatic carbocycles. The molecule has 1 aromatic carbocycles. The van der Waals surface area contributed by atoms with Crippen LogP contribution in [0, 0.1) is 0 Å². The van der Waals surface area contributed by atoms with Crippen LogP contribution < -0.4 is 10.5 Å². The van der Waals surface area contributed by atoms with Crippen molar-refractivity contribution < 1.29 is 9.84 Å². The first-order valence-electron chi connectivity index (χ1n) is 7.15. The maximum atomic E-state index is 10.0. The summed E-state index contributed by atoms with van der Waals surface area (Å²) in [6.07, 6.45) is 2.85. The van der Waals surface area contributed by atoms with Crippen LogP contribution >= 0.6 is 0 Å². The summed E-state index contributed by atoms with van der Waals surface area (Å²) in [7, 11) is 0. The Hall–Kier alpha value is -1.36. The highest BCUT2D eigenvalue weighted by molar-refractivity contribution is 5.27. The molecule has 0 saturated heterocycles. The molecule has 0 spiro atoms. The van der Waals surface area contributed by atoms with E-state index in [0.29, 0.717) is 19.7 Å². The Balaban J connectivity index is 1.73. The zero-order valence-electron chi connectivity index (χ0n) is 12.1. The van der Waals surface area contributed by atoms with Crippen LogP contribution in [0.2, 0.25) is 0 Å². The van der Waals surface area contributed by atoms with Gasteiger partial charge in [0.25, 0.3) is 0 Å². The predicted octanol–water partition coefficient (Wildman–Crippen LogP) is 1.54. The second kappa shape index (κ2) is 7.43. The van der Waals surface area contributed by atoms with Gasteiger partial charge in [-0.1, -0.05) is 23.8 Å². The first kappa shape index (κ1) is 15.0. The van der Waals surface area contributed by atoms with E-state index in [4.69, 9.17) is 10.5 Å². The molecule has 0 aromatic heterocycles. The molecule has 4 heteroatoms. The lowest BCUT2D eigenvalue weighted by Gasteiger charge is -2.27. The smallest absolute Gasteiger partial charge is 0.119 e. The Labute approximate surface area is 120 Å². The number of aliphatic hydroxyl groups is 1. The summed E-state index contributed by atoms with van der Waals surface area (Å²) in [6.45, 7) is 5.61. The maximum Gasteiger partial charge on any atom is 0.119 e. The topological polar surface area (TPSA) is 58.7 Å². The highest BCUT2D eigenvalue weighted by Gasteiger charge is 2.14. The maximum absolute atomic E-state index is 10.0. The first-order valence-corrected chi connectivity index (χ1v) is 7.15. The van der Waals surface area contributed by atoms with Crippen molar-refractivity contribution in [2.45, 2.75) is 26.0 Å². The van der Waals surface area contributed by atoms with Crippen LogP contribution in [0.25, 0.3) is 0 Å². The third kappa shape index (κ3) is 4.63. The highest BCUT2D eigenvalue weighted by atomic mass is 16.5. The minimum atomic E-state index is -0.462. The Morgan fingerprint density at radius 2 is 2.10 bits per heavy atom. The molecule has 1 atom stereocenters. The molecule has 1 aliphatic heterocycles. The molecule has 0 radical (unpaired) electrons. The van der Waals surface area contributed by atoms with E-state index in [2.05, 4.69) is 17.9 Å². The third-order valence-electron chi connectivity index (χ3n) is 3.59. The Morgan fingerprint density at radius 3 is 2.70 bits per heavy atom. The van der Waals surface area contributed by atoms with Crippen molar-refractivity contribution in [2.75, 3.05) is 26.2 Å². The zero-order chi connectivity index (χ0) is 14.4. The lowest BCUT2D eigenvalue weighted by molar-refractivity contribution is 0.0709. The normalized spacial score (nSPS) is 17.6.